The predicted molar refractivity (Wildman–Crippen MR) is 76.7 cm³/mol. The number of benzene rings is 1. The van der Waals surface area contributed by atoms with Gasteiger partial charge < -0.3 is 10.2 Å². The van der Waals surface area contributed by atoms with E-state index in [-0.39, 0.29) is 17.9 Å². The molecule has 1 saturated heterocycles. The fraction of sp³-hybridized carbons (Fsp3) is 0.467. The molecule has 106 valence electrons. The lowest BCUT2D eigenvalue weighted by molar-refractivity contribution is -0.125. The highest BCUT2D eigenvalue weighted by molar-refractivity contribution is 6.31. The number of amides is 2. The third-order valence-electron chi connectivity index (χ3n) is 3.81. The first-order valence-electron chi connectivity index (χ1n) is 7.02. The van der Waals surface area contributed by atoms with Crippen LogP contribution in [0.2, 0.25) is 5.02 Å². The van der Waals surface area contributed by atoms with Crippen molar-refractivity contribution in [3.63, 3.8) is 0 Å². The van der Waals surface area contributed by atoms with E-state index >= 15 is 0 Å². The van der Waals surface area contributed by atoms with Gasteiger partial charge in [0.1, 0.15) is 6.04 Å². The number of nitrogens with one attached hydrogen (secondary N) is 1. The van der Waals surface area contributed by atoms with Gasteiger partial charge in [0.05, 0.1) is 0 Å². The molecule has 5 heteroatoms. The Morgan fingerprint density at radius 1 is 1.25 bits per heavy atom. The molecule has 1 atom stereocenters. The first-order valence-corrected chi connectivity index (χ1v) is 7.40. The van der Waals surface area contributed by atoms with E-state index in [1.165, 1.54) is 0 Å². The number of carbonyl (C=O) groups excluding carboxylic acids is 2. The molecular weight excluding hydrogens is 276 g/mol. The topological polar surface area (TPSA) is 49.4 Å². The minimum absolute atomic E-state index is 0.0135. The average molecular weight is 293 g/mol. The fourth-order valence-corrected chi connectivity index (χ4v) is 2.79. The number of hydrogen-bond donors (Lipinski definition) is 1. The number of carbonyl (C=O) groups is 2. The highest BCUT2D eigenvalue weighted by Gasteiger charge is 2.36. The third-order valence-corrected chi connectivity index (χ3v) is 4.05. The monoisotopic (exact) mass is 292 g/mol. The molecule has 1 N–H and O–H groups in total. The normalized spacial score (nSPS) is 21.9. The van der Waals surface area contributed by atoms with Gasteiger partial charge in [-0.05, 0) is 43.9 Å². The van der Waals surface area contributed by atoms with Gasteiger partial charge >= 0.3 is 0 Å². The number of nitrogens with zero attached hydrogens (tertiary/aromatic N) is 1. The molecule has 0 aromatic heterocycles. The lowest BCUT2D eigenvalue weighted by Gasteiger charge is -2.24. The minimum atomic E-state index is -0.331. The highest BCUT2D eigenvalue weighted by atomic mass is 35.5. The summed E-state index contributed by atoms with van der Waals surface area (Å²) in [5, 5.41) is 3.52. The van der Waals surface area contributed by atoms with Crippen molar-refractivity contribution in [2.24, 2.45) is 0 Å². The Morgan fingerprint density at radius 2 is 2.05 bits per heavy atom. The van der Waals surface area contributed by atoms with E-state index in [0.717, 1.165) is 25.7 Å². The van der Waals surface area contributed by atoms with Crippen LogP contribution in [-0.2, 0) is 4.79 Å². The Bertz CT molecular complexity index is 542. The van der Waals surface area contributed by atoms with Crippen molar-refractivity contribution in [3.05, 3.63) is 34.9 Å². The second-order valence-corrected chi connectivity index (χ2v) is 5.89. The van der Waals surface area contributed by atoms with Gasteiger partial charge in [-0.25, -0.2) is 0 Å². The Balaban J connectivity index is 1.73. The molecule has 0 radical (unpaired) electrons. The molecule has 4 nitrogen and oxygen atoms in total. The third kappa shape index (κ3) is 2.80. The molecule has 1 heterocycles. The fourth-order valence-electron chi connectivity index (χ4n) is 2.59. The number of halogens is 1. The van der Waals surface area contributed by atoms with Crippen LogP contribution in [0.15, 0.2) is 24.3 Å². The van der Waals surface area contributed by atoms with Crippen LogP contribution in [0.4, 0.5) is 0 Å². The van der Waals surface area contributed by atoms with E-state index < -0.39 is 0 Å². The van der Waals surface area contributed by atoms with Crippen LogP contribution in [0.3, 0.4) is 0 Å². The van der Waals surface area contributed by atoms with Crippen LogP contribution in [0.25, 0.3) is 0 Å². The van der Waals surface area contributed by atoms with Crippen molar-refractivity contribution in [2.75, 3.05) is 6.54 Å². The molecule has 1 aliphatic heterocycles. The highest BCUT2D eigenvalue weighted by Crippen LogP contribution is 2.24. The van der Waals surface area contributed by atoms with Crippen molar-refractivity contribution >= 4 is 23.4 Å². The molecule has 20 heavy (non-hydrogen) atoms. The first kappa shape index (κ1) is 13.4. The van der Waals surface area contributed by atoms with Crippen molar-refractivity contribution in [1.82, 2.24) is 10.2 Å². The molecule has 1 aromatic rings. The molecule has 2 amide bonds. The van der Waals surface area contributed by atoms with Gasteiger partial charge in [0, 0.05) is 23.2 Å². The van der Waals surface area contributed by atoms with Gasteiger partial charge in [-0.3, -0.25) is 9.59 Å². The first-order chi connectivity index (χ1) is 9.65. The molecular formula is C15H17ClN2O2. The summed E-state index contributed by atoms with van der Waals surface area (Å²) in [6.45, 7) is 0.633. The zero-order chi connectivity index (χ0) is 14.1. The quantitative estimate of drug-likeness (QED) is 0.929. The van der Waals surface area contributed by atoms with Crippen molar-refractivity contribution in [2.45, 2.75) is 37.8 Å². The summed E-state index contributed by atoms with van der Waals surface area (Å²) >= 11 is 5.92. The van der Waals surface area contributed by atoms with Crippen LogP contribution in [0, 0.1) is 0 Å². The largest absolute Gasteiger partial charge is 0.352 e. The van der Waals surface area contributed by atoms with Crippen molar-refractivity contribution in [3.8, 4) is 0 Å². The average Bonchev–Trinajstić information content (AvgIpc) is 3.10. The van der Waals surface area contributed by atoms with E-state index in [9.17, 15) is 9.59 Å². The summed E-state index contributed by atoms with van der Waals surface area (Å²) in [5.41, 5.74) is 0.545. The second-order valence-electron chi connectivity index (χ2n) is 5.45. The number of rotatable bonds is 3. The van der Waals surface area contributed by atoms with Crippen molar-refractivity contribution < 1.29 is 9.59 Å². The molecule has 1 aliphatic carbocycles. The summed E-state index contributed by atoms with van der Waals surface area (Å²) in [6, 6.07) is 6.87. The molecule has 0 spiro atoms. The summed E-state index contributed by atoms with van der Waals surface area (Å²) in [7, 11) is 0. The Labute approximate surface area is 123 Å². The maximum atomic E-state index is 12.5. The summed E-state index contributed by atoms with van der Waals surface area (Å²) in [4.78, 5) is 26.4. The lowest BCUT2D eigenvalue weighted by atomic mass is 10.1. The van der Waals surface area contributed by atoms with Crippen molar-refractivity contribution in [1.29, 1.82) is 0 Å². The molecule has 0 bridgehead atoms. The van der Waals surface area contributed by atoms with Crippen LogP contribution >= 0.6 is 11.6 Å². The van der Waals surface area contributed by atoms with E-state index in [1.807, 2.05) is 0 Å². The van der Waals surface area contributed by atoms with Gasteiger partial charge in [0.2, 0.25) is 5.91 Å². The SMILES string of the molecule is O=C(NC1CC1)C1CCCN1C(=O)c1cccc(Cl)c1. The zero-order valence-electron chi connectivity index (χ0n) is 11.1. The standard InChI is InChI=1S/C15H17ClN2O2/c16-11-4-1-3-10(9-11)15(20)18-8-2-5-13(18)14(19)17-12-6-7-12/h1,3-4,9,12-13H,2,5-8H2,(H,17,19). The van der Waals surface area contributed by atoms with Crippen LogP contribution in [-0.4, -0.2) is 35.3 Å². The summed E-state index contributed by atoms with van der Waals surface area (Å²) < 4.78 is 0. The molecule has 1 unspecified atom stereocenters. The predicted octanol–water partition coefficient (Wildman–Crippen LogP) is 2.22. The zero-order valence-corrected chi connectivity index (χ0v) is 11.9. The molecule has 1 aromatic carbocycles. The van der Waals surface area contributed by atoms with Crippen LogP contribution in [0.1, 0.15) is 36.0 Å². The Hall–Kier alpha value is -1.55. The lowest BCUT2D eigenvalue weighted by Crippen LogP contribution is -2.46. The number of hydrogen-bond acceptors (Lipinski definition) is 2. The van der Waals surface area contributed by atoms with Gasteiger partial charge in [-0.1, -0.05) is 17.7 Å². The molecule has 1 saturated carbocycles. The summed E-state index contributed by atoms with van der Waals surface area (Å²) in [5.74, 6) is -0.124. The summed E-state index contributed by atoms with van der Waals surface area (Å²) in [6.07, 6.45) is 3.72. The van der Waals surface area contributed by atoms with E-state index in [1.54, 1.807) is 29.2 Å². The van der Waals surface area contributed by atoms with Gasteiger partial charge in [0.15, 0.2) is 0 Å². The van der Waals surface area contributed by atoms with E-state index in [2.05, 4.69) is 5.32 Å². The van der Waals surface area contributed by atoms with E-state index in [0.29, 0.717) is 23.2 Å². The second kappa shape index (κ2) is 5.44. The maximum Gasteiger partial charge on any atom is 0.254 e. The van der Waals surface area contributed by atoms with Gasteiger partial charge in [-0.15, -0.1) is 0 Å². The van der Waals surface area contributed by atoms with Crippen LogP contribution in [0.5, 0.6) is 0 Å². The number of likely N-dealkylation sites (tertiary alicyclic amines) is 1. The minimum Gasteiger partial charge on any atom is -0.352 e. The maximum absolute atomic E-state index is 12.5. The van der Waals surface area contributed by atoms with E-state index in [4.69, 9.17) is 11.6 Å². The molecule has 2 aliphatic rings. The van der Waals surface area contributed by atoms with Crippen LogP contribution < -0.4 is 5.32 Å². The Kier molecular flexibility index (Phi) is 3.66. The molecule has 3 rings (SSSR count). The molecule has 2 fully saturated rings. The van der Waals surface area contributed by atoms with Gasteiger partial charge in [0.25, 0.3) is 5.91 Å². The van der Waals surface area contributed by atoms with Gasteiger partial charge in [-0.2, -0.15) is 0 Å². The Morgan fingerprint density at radius 3 is 2.75 bits per heavy atom. The smallest absolute Gasteiger partial charge is 0.254 e.